The van der Waals surface area contributed by atoms with Crippen LogP contribution in [0.2, 0.25) is 13.3 Å². The molecule has 23 heavy (non-hydrogen) atoms. The summed E-state index contributed by atoms with van der Waals surface area (Å²) >= 11 is -2.40. The van der Waals surface area contributed by atoms with Crippen LogP contribution in [0.3, 0.4) is 0 Å². The molecule has 0 N–H and O–H groups in total. The topological polar surface area (TPSA) is 17.3 Å². The first-order chi connectivity index (χ1) is 11.2. The molecule has 2 heterocycles. The summed E-state index contributed by atoms with van der Waals surface area (Å²) in [6.45, 7) is 9.18. The van der Waals surface area contributed by atoms with Gasteiger partial charge in [-0.25, -0.2) is 0 Å². The SMILES string of the molecule is CCC[CH2][Sn]([CH2]CCC)([CH2]CCC)[c]1ncn2cc(C)ccc12. The molecule has 3 heteroatoms. The maximum absolute atomic E-state index is 5.02. The van der Waals surface area contributed by atoms with E-state index in [9.17, 15) is 0 Å². The Morgan fingerprint density at radius 2 is 1.48 bits per heavy atom. The van der Waals surface area contributed by atoms with E-state index in [0.717, 1.165) is 0 Å². The van der Waals surface area contributed by atoms with Crippen molar-refractivity contribution in [2.24, 2.45) is 0 Å². The van der Waals surface area contributed by atoms with E-state index in [1.807, 2.05) is 0 Å². The second-order valence-electron chi connectivity index (χ2n) is 7.18. The molecular weight excluding hydrogens is 387 g/mol. The van der Waals surface area contributed by atoms with Gasteiger partial charge < -0.3 is 0 Å². The number of imidazole rings is 1. The van der Waals surface area contributed by atoms with Crippen molar-refractivity contribution in [2.45, 2.75) is 79.5 Å². The van der Waals surface area contributed by atoms with Crippen LogP contribution in [0.1, 0.15) is 64.9 Å². The van der Waals surface area contributed by atoms with E-state index in [1.165, 1.54) is 62.9 Å². The molecule has 0 aliphatic carbocycles. The molecule has 2 rings (SSSR count). The van der Waals surface area contributed by atoms with Crippen molar-refractivity contribution in [1.82, 2.24) is 9.38 Å². The summed E-state index contributed by atoms with van der Waals surface area (Å²) in [6, 6.07) is 4.59. The Kier molecular flexibility index (Phi) is 7.45. The Balaban J connectivity index is 2.46. The van der Waals surface area contributed by atoms with E-state index >= 15 is 0 Å². The van der Waals surface area contributed by atoms with Crippen LogP contribution in [-0.4, -0.2) is 27.8 Å². The van der Waals surface area contributed by atoms with Gasteiger partial charge in [0.1, 0.15) is 0 Å². The van der Waals surface area contributed by atoms with Crippen LogP contribution in [0.5, 0.6) is 0 Å². The average Bonchev–Trinajstić information content (AvgIpc) is 2.98. The molecule has 0 radical (unpaired) electrons. The Morgan fingerprint density at radius 1 is 0.913 bits per heavy atom. The standard InChI is InChI=1S/C8H7N2.3C4H9.Sn/c1-7-2-3-8-4-9-6-10(8)5-7;3*1-3-4-2;/h2-3,5-6H,1H3;3*1,3-4H2,2H3;. The first-order valence-electron chi connectivity index (χ1n) is 9.60. The normalized spacial score (nSPS) is 12.2. The summed E-state index contributed by atoms with van der Waals surface area (Å²) in [4.78, 5) is 5.02. The quantitative estimate of drug-likeness (QED) is 0.450. The van der Waals surface area contributed by atoms with Crippen LogP contribution in [0.4, 0.5) is 0 Å². The van der Waals surface area contributed by atoms with E-state index in [1.54, 1.807) is 3.71 Å². The van der Waals surface area contributed by atoms with Crippen LogP contribution in [-0.2, 0) is 0 Å². The molecule has 0 atom stereocenters. The summed E-state index contributed by atoms with van der Waals surface area (Å²) in [7, 11) is 0. The molecule has 0 aliphatic heterocycles. The minimum atomic E-state index is -2.40. The molecule has 0 amide bonds. The van der Waals surface area contributed by atoms with Crippen molar-refractivity contribution in [3.8, 4) is 0 Å². The zero-order valence-electron chi connectivity index (χ0n) is 15.6. The van der Waals surface area contributed by atoms with E-state index < -0.39 is 18.4 Å². The fourth-order valence-electron chi connectivity index (χ4n) is 3.80. The molecule has 128 valence electrons. The molecule has 2 aromatic rings. The minimum absolute atomic E-state index is 1.32. The summed E-state index contributed by atoms with van der Waals surface area (Å²) in [5.74, 6) is 0. The predicted octanol–water partition coefficient (Wildman–Crippen LogP) is 5.70. The molecule has 0 aliphatic rings. The Morgan fingerprint density at radius 3 is 2.00 bits per heavy atom. The molecule has 0 bridgehead atoms. The van der Waals surface area contributed by atoms with Gasteiger partial charge in [-0.15, -0.1) is 0 Å². The molecule has 2 nitrogen and oxygen atoms in total. The second-order valence-corrected chi connectivity index (χ2v) is 20.1. The third-order valence-electron chi connectivity index (χ3n) is 5.21. The molecular formula is C20H34N2Sn. The van der Waals surface area contributed by atoms with Crippen LogP contribution in [0.25, 0.3) is 5.52 Å². The molecule has 0 aromatic carbocycles. The summed E-state index contributed by atoms with van der Waals surface area (Å²) < 4.78 is 8.32. The number of nitrogens with zero attached hydrogens (tertiary/aromatic N) is 2. The number of fused-ring (bicyclic) bond motifs is 1. The maximum atomic E-state index is 5.02. The number of hydrogen-bond donors (Lipinski definition) is 0. The van der Waals surface area contributed by atoms with Crippen LogP contribution in [0, 0.1) is 6.92 Å². The second kappa shape index (κ2) is 9.10. The van der Waals surface area contributed by atoms with Gasteiger partial charge in [0.15, 0.2) is 0 Å². The molecule has 0 saturated carbocycles. The van der Waals surface area contributed by atoms with Crippen LogP contribution in [0.15, 0.2) is 24.7 Å². The summed E-state index contributed by atoms with van der Waals surface area (Å²) in [5.41, 5.74) is 2.73. The van der Waals surface area contributed by atoms with Crippen molar-refractivity contribution in [3.63, 3.8) is 0 Å². The third kappa shape index (κ3) is 4.52. The van der Waals surface area contributed by atoms with Gasteiger partial charge in [0.05, 0.1) is 0 Å². The first-order valence-corrected chi connectivity index (χ1v) is 17.1. The zero-order chi connectivity index (χ0) is 16.7. The van der Waals surface area contributed by atoms with Crippen LogP contribution < -0.4 is 3.71 Å². The van der Waals surface area contributed by atoms with E-state index in [2.05, 4.69) is 56.8 Å². The fourth-order valence-corrected chi connectivity index (χ4v) is 19.9. The number of aryl methyl sites for hydroxylation is 1. The average molecular weight is 421 g/mol. The number of pyridine rings is 1. The van der Waals surface area contributed by atoms with Crippen molar-refractivity contribution in [3.05, 3.63) is 30.2 Å². The van der Waals surface area contributed by atoms with Gasteiger partial charge in [-0.05, 0) is 0 Å². The van der Waals surface area contributed by atoms with Crippen molar-refractivity contribution >= 4 is 27.6 Å². The van der Waals surface area contributed by atoms with E-state index in [-0.39, 0.29) is 0 Å². The molecule has 0 unspecified atom stereocenters. The van der Waals surface area contributed by atoms with Crippen molar-refractivity contribution in [2.75, 3.05) is 0 Å². The first kappa shape index (κ1) is 18.8. The Bertz CT molecular complexity index is 581. The third-order valence-corrected chi connectivity index (χ3v) is 20.4. The van der Waals surface area contributed by atoms with Crippen LogP contribution >= 0.6 is 0 Å². The molecule has 0 saturated heterocycles. The Labute approximate surface area is 146 Å². The van der Waals surface area contributed by atoms with Crippen molar-refractivity contribution < 1.29 is 0 Å². The number of hydrogen-bond acceptors (Lipinski definition) is 1. The fraction of sp³-hybridized carbons (Fsp3) is 0.650. The van der Waals surface area contributed by atoms with E-state index in [0.29, 0.717) is 0 Å². The Hall–Kier alpha value is -0.511. The van der Waals surface area contributed by atoms with Gasteiger partial charge in [0.2, 0.25) is 0 Å². The summed E-state index contributed by atoms with van der Waals surface area (Å²) in [5, 5.41) is 0. The van der Waals surface area contributed by atoms with Gasteiger partial charge in [0.25, 0.3) is 0 Å². The van der Waals surface area contributed by atoms with E-state index in [4.69, 9.17) is 4.98 Å². The number of unbranched alkanes of at least 4 members (excludes halogenated alkanes) is 3. The monoisotopic (exact) mass is 422 g/mol. The summed E-state index contributed by atoms with van der Waals surface area (Å²) in [6.07, 6.45) is 12.5. The number of aromatic nitrogens is 2. The van der Waals surface area contributed by atoms with Gasteiger partial charge in [-0.2, -0.15) is 0 Å². The van der Waals surface area contributed by atoms with Gasteiger partial charge in [-0.1, -0.05) is 0 Å². The molecule has 0 spiro atoms. The predicted molar refractivity (Wildman–Crippen MR) is 104 cm³/mol. The van der Waals surface area contributed by atoms with Crippen molar-refractivity contribution in [1.29, 1.82) is 0 Å². The van der Waals surface area contributed by atoms with Gasteiger partial charge in [-0.3, -0.25) is 0 Å². The number of rotatable bonds is 10. The van der Waals surface area contributed by atoms with Gasteiger partial charge in [0, 0.05) is 0 Å². The molecule has 2 aromatic heterocycles. The zero-order valence-corrected chi connectivity index (χ0v) is 18.4. The van der Waals surface area contributed by atoms with Gasteiger partial charge >= 0.3 is 147 Å². The molecule has 0 fully saturated rings.